The zero-order valence-corrected chi connectivity index (χ0v) is 9.47. The van der Waals surface area contributed by atoms with Crippen molar-refractivity contribution in [1.29, 1.82) is 0 Å². The summed E-state index contributed by atoms with van der Waals surface area (Å²) >= 11 is 0. The highest BCUT2D eigenvalue weighted by Gasteiger charge is 2.00. The number of carbonyl (C=O) groups excluding carboxylic acids is 2. The smallest absolute Gasteiger partial charge is 0.134 e. The van der Waals surface area contributed by atoms with Crippen LogP contribution in [0, 0.1) is 23.7 Å². The molecule has 0 spiro atoms. The molecule has 0 aromatic carbocycles. The maximum absolute atomic E-state index is 11.3. The Balaban J connectivity index is 2.46. The summed E-state index contributed by atoms with van der Waals surface area (Å²) in [4.78, 5) is 22.6. The van der Waals surface area contributed by atoms with Gasteiger partial charge in [0, 0.05) is 51.4 Å². The molecule has 0 bridgehead atoms. The van der Waals surface area contributed by atoms with E-state index in [2.05, 4.69) is 23.7 Å². The topological polar surface area (TPSA) is 34.1 Å². The number of hydrogen-bond acceptors (Lipinski definition) is 2. The Hall–Kier alpha value is -1.54. The Bertz CT molecular complexity index is 305. The predicted molar refractivity (Wildman–Crippen MR) is 62.5 cm³/mol. The van der Waals surface area contributed by atoms with Gasteiger partial charge in [-0.15, -0.1) is 23.7 Å². The van der Waals surface area contributed by atoms with Crippen LogP contribution in [-0.4, -0.2) is 11.6 Å². The summed E-state index contributed by atoms with van der Waals surface area (Å²) in [5, 5.41) is 0. The minimum absolute atomic E-state index is 0.233. The number of hydrogen-bond donors (Lipinski definition) is 0. The molecule has 2 heteroatoms. The van der Waals surface area contributed by atoms with Gasteiger partial charge in [0.2, 0.25) is 0 Å². The molecule has 0 amide bonds. The van der Waals surface area contributed by atoms with Crippen LogP contribution in [0.25, 0.3) is 0 Å². The SMILES string of the molecule is O=C1CCC#CCCC(=O)CCC#CCC1. The normalized spacial score (nSPS) is 18.8. The van der Waals surface area contributed by atoms with E-state index in [1.807, 2.05) is 0 Å². The number of ketones is 2. The van der Waals surface area contributed by atoms with E-state index < -0.39 is 0 Å². The van der Waals surface area contributed by atoms with Gasteiger partial charge in [-0.3, -0.25) is 9.59 Å². The molecule has 16 heavy (non-hydrogen) atoms. The molecule has 1 rings (SSSR count). The van der Waals surface area contributed by atoms with E-state index in [4.69, 9.17) is 0 Å². The van der Waals surface area contributed by atoms with E-state index in [0.29, 0.717) is 51.4 Å². The third-order valence-corrected chi connectivity index (χ3v) is 2.37. The van der Waals surface area contributed by atoms with E-state index in [9.17, 15) is 9.59 Å². The van der Waals surface area contributed by atoms with Crippen molar-refractivity contribution in [3.8, 4) is 23.7 Å². The zero-order valence-electron chi connectivity index (χ0n) is 9.47. The summed E-state index contributed by atoms with van der Waals surface area (Å²) in [5.74, 6) is 12.2. The number of carbonyl (C=O) groups is 2. The molecule has 0 unspecified atom stereocenters. The zero-order chi connectivity index (χ0) is 11.6. The fourth-order valence-corrected chi connectivity index (χ4v) is 1.41. The van der Waals surface area contributed by atoms with Gasteiger partial charge in [0.1, 0.15) is 11.6 Å². The summed E-state index contributed by atoms with van der Waals surface area (Å²) in [5.41, 5.74) is 0. The van der Waals surface area contributed by atoms with Crippen molar-refractivity contribution in [3.63, 3.8) is 0 Å². The molecular formula is C14H16O2. The lowest BCUT2D eigenvalue weighted by Crippen LogP contribution is -1.97. The fraction of sp³-hybridized carbons (Fsp3) is 0.571. The van der Waals surface area contributed by atoms with Crippen molar-refractivity contribution in [3.05, 3.63) is 0 Å². The average Bonchev–Trinajstić information content (AvgIpc) is 2.27. The molecule has 0 heterocycles. The van der Waals surface area contributed by atoms with Crippen LogP contribution < -0.4 is 0 Å². The van der Waals surface area contributed by atoms with Crippen molar-refractivity contribution in [2.45, 2.75) is 51.4 Å². The quantitative estimate of drug-likeness (QED) is 0.582. The van der Waals surface area contributed by atoms with E-state index >= 15 is 0 Å². The molecule has 0 aromatic heterocycles. The van der Waals surface area contributed by atoms with Gasteiger partial charge >= 0.3 is 0 Å². The Morgan fingerprint density at radius 3 is 1.06 bits per heavy atom. The first-order valence-electron chi connectivity index (χ1n) is 5.74. The molecule has 84 valence electrons. The second kappa shape index (κ2) is 7.71. The lowest BCUT2D eigenvalue weighted by Gasteiger charge is -1.95. The first kappa shape index (κ1) is 12.5. The first-order chi connectivity index (χ1) is 7.79. The summed E-state index contributed by atoms with van der Waals surface area (Å²) in [6.07, 6.45) is 4.51. The summed E-state index contributed by atoms with van der Waals surface area (Å²) < 4.78 is 0. The van der Waals surface area contributed by atoms with Crippen LogP contribution in [0.4, 0.5) is 0 Å². The Kier molecular flexibility index (Phi) is 6.04. The van der Waals surface area contributed by atoms with Crippen LogP contribution in [0.2, 0.25) is 0 Å². The first-order valence-corrected chi connectivity index (χ1v) is 5.74. The molecule has 1 aliphatic carbocycles. The highest BCUT2D eigenvalue weighted by molar-refractivity contribution is 5.79. The van der Waals surface area contributed by atoms with Gasteiger partial charge in [0.05, 0.1) is 0 Å². The Labute approximate surface area is 96.8 Å². The van der Waals surface area contributed by atoms with Crippen LogP contribution in [0.1, 0.15) is 51.4 Å². The summed E-state index contributed by atoms with van der Waals surface area (Å²) in [6.45, 7) is 0. The van der Waals surface area contributed by atoms with Crippen LogP contribution in [-0.2, 0) is 9.59 Å². The second-order valence-corrected chi connectivity index (χ2v) is 3.78. The van der Waals surface area contributed by atoms with Crippen molar-refractivity contribution in [1.82, 2.24) is 0 Å². The average molecular weight is 216 g/mol. The van der Waals surface area contributed by atoms with Crippen molar-refractivity contribution in [2.75, 3.05) is 0 Å². The maximum atomic E-state index is 11.3. The summed E-state index contributed by atoms with van der Waals surface area (Å²) in [7, 11) is 0. The standard InChI is InChI=1S/C14H16O2/c15-13-9-5-1-2-6-10-14(16)12-8-4-3-7-11-13/h5-12H2. The Morgan fingerprint density at radius 2 is 0.812 bits per heavy atom. The fourth-order valence-electron chi connectivity index (χ4n) is 1.41. The lowest BCUT2D eigenvalue weighted by atomic mass is 10.1. The van der Waals surface area contributed by atoms with Crippen molar-refractivity contribution >= 4 is 11.6 Å². The maximum Gasteiger partial charge on any atom is 0.134 e. The monoisotopic (exact) mass is 216 g/mol. The third kappa shape index (κ3) is 6.04. The molecular weight excluding hydrogens is 200 g/mol. The van der Waals surface area contributed by atoms with Gasteiger partial charge in [0.15, 0.2) is 0 Å². The molecule has 2 nitrogen and oxygen atoms in total. The van der Waals surface area contributed by atoms with E-state index in [0.717, 1.165) is 0 Å². The molecule has 0 aliphatic heterocycles. The molecule has 0 saturated carbocycles. The molecule has 0 saturated heterocycles. The highest BCUT2D eigenvalue weighted by atomic mass is 16.1. The molecule has 1 aliphatic rings. The molecule has 0 N–H and O–H groups in total. The van der Waals surface area contributed by atoms with Gasteiger partial charge in [-0.05, 0) is 0 Å². The van der Waals surface area contributed by atoms with Crippen molar-refractivity contribution < 1.29 is 9.59 Å². The van der Waals surface area contributed by atoms with Crippen molar-refractivity contribution in [2.24, 2.45) is 0 Å². The minimum Gasteiger partial charge on any atom is -0.300 e. The van der Waals surface area contributed by atoms with E-state index in [-0.39, 0.29) is 11.6 Å². The molecule has 0 atom stereocenters. The minimum atomic E-state index is 0.233. The number of rotatable bonds is 0. The summed E-state index contributed by atoms with van der Waals surface area (Å²) in [6, 6.07) is 0. The van der Waals surface area contributed by atoms with E-state index in [1.165, 1.54) is 0 Å². The van der Waals surface area contributed by atoms with Crippen LogP contribution in [0.5, 0.6) is 0 Å². The molecule has 0 aromatic rings. The van der Waals surface area contributed by atoms with Crippen LogP contribution in [0.3, 0.4) is 0 Å². The third-order valence-electron chi connectivity index (χ3n) is 2.37. The van der Waals surface area contributed by atoms with Gasteiger partial charge in [0.25, 0.3) is 0 Å². The van der Waals surface area contributed by atoms with Crippen LogP contribution in [0.15, 0.2) is 0 Å². The van der Waals surface area contributed by atoms with Crippen LogP contribution >= 0.6 is 0 Å². The number of Topliss-reactive ketones (excluding diaryl/α,β-unsaturated/α-hetero) is 2. The van der Waals surface area contributed by atoms with Gasteiger partial charge in [-0.2, -0.15) is 0 Å². The van der Waals surface area contributed by atoms with Gasteiger partial charge in [-0.25, -0.2) is 0 Å². The highest BCUT2D eigenvalue weighted by Crippen LogP contribution is 2.01. The van der Waals surface area contributed by atoms with Gasteiger partial charge in [-0.1, -0.05) is 0 Å². The lowest BCUT2D eigenvalue weighted by molar-refractivity contribution is -0.119. The van der Waals surface area contributed by atoms with Gasteiger partial charge < -0.3 is 0 Å². The Morgan fingerprint density at radius 1 is 0.562 bits per heavy atom. The molecule has 0 fully saturated rings. The second-order valence-electron chi connectivity index (χ2n) is 3.78. The van der Waals surface area contributed by atoms with E-state index in [1.54, 1.807) is 0 Å². The largest absolute Gasteiger partial charge is 0.300 e. The molecule has 0 radical (unpaired) electrons. The predicted octanol–water partition coefficient (Wildman–Crippen LogP) is 2.27.